The Balaban J connectivity index is 2.51. The third kappa shape index (κ3) is 2.32. The fraction of sp³-hybridized carbons (Fsp3) is 0.333. The van der Waals surface area contributed by atoms with Crippen molar-refractivity contribution in [1.29, 1.82) is 0 Å². The highest BCUT2D eigenvalue weighted by molar-refractivity contribution is 7.07. The summed E-state index contributed by atoms with van der Waals surface area (Å²) < 4.78 is 3.52. The zero-order valence-corrected chi connectivity index (χ0v) is 16.3. The number of benzene rings is 1. The van der Waals surface area contributed by atoms with Crippen LogP contribution in [0.4, 0.5) is 0 Å². The summed E-state index contributed by atoms with van der Waals surface area (Å²) in [6, 6.07) is 0. The Bertz CT molecular complexity index is 983. The van der Waals surface area contributed by atoms with Gasteiger partial charge in [0.2, 0.25) is 0 Å². The van der Waals surface area contributed by atoms with E-state index in [1.54, 1.807) is 9.13 Å². The molecule has 0 bridgehead atoms. The highest BCUT2D eigenvalue weighted by Gasteiger charge is 2.21. The fourth-order valence-corrected chi connectivity index (χ4v) is 4.72. The smallest absolute Gasteiger partial charge is 0.271 e. The molecule has 0 N–H and O–H groups in total. The lowest BCUT2D eigenvalue weighted by atomic mass is 9.95. The van der Waals surface area contributed by atoms with E-state index in [0.29, 0.717) is 0 Å². The van der Waals surface area contributed by atoms with E-state index in [0.717, 1.165) is 45.0 Å². The van der Waals surface area contributed by atoms with Crippen LogP contribution in [0.5, 0.6) is 0 Å². The molecule has 126 valence electrons. The van der Waals surface area contributed by atoms with E-state index in [-0.39, 0.29) is 9.75 Å². The molecule has 0 aliphatic carbocycles. The number of rotatable bonds is 2. The molecule has 2 heterocycles. The highest BCUT2D eigenvalue weighted by Crippen LogP contribution is 2.32. The first kappa shape index (κ1) is 16.9. The van der Waals surface area contributed by atoms with Crippen LogP contribution < -0.4 is 9.75 Å². The van der Waals surface area contributed by atoms with Crippen LogP contribution in [0.3, 0.4) is 0 Å². The SMILES string of the molecule is Cc1c(C)c(-n2c(C)csc2=O)c(C)c(-n2c(C)csc2=O)c1C. The van der Waals surface area contributed by atoms with E-state index in [2.05, 4.69) is 6.92 Å². The summed E-state index contributed by atoms with van der Waals surface area (Å²) in [6.07, 6.45) is 0. The van der Waals surface area contributed by atoms with E-state index in [4.69, 9.17) is 0 Å². The Morgan fingerprint density at radius 3 is 1.29 bits per heavy atom. The molecule has 0 fully saturated rings. The van der Waals surface area contributed by atoms with Crippen molar-refractivity contribution in [2.75, 3.05) is 0 Å². The van der Waals surface area contributed by atoms with Crippen molar-refractivity contribution in [1.82, 2.24) is 9.13 Å². The maximum atomic E-state index is 12.4. The molecule has 1 aromatic carbocycles. The molecule has 0 radical (unpaired) electrons. The lowest BCUT2D eigenvalue weighted by molar-refractivity contribution is 0.909. The number of nitrogens with zero attached hydrogens (tertiary/aromatic N) is 2. The Morgan fingerprint density at radius 1 is 0.625 bits per heavy atom. The maximum absolute atomic E-state index is 12.4. The molecular weight excluding hydrogens is 340 g/mol. The van der Waals surface area contributed by atoms with Crippen molar-refractivity contribution in [3.8, 4) is 11.4 Å². The minimum absolute atomic E-state index is 0.00212. The van der Waals surface area contributed by atoms with Crippen LogP contribution in [-0.2, 0) is 0 Å². The van der Waals surface area contributed by atoms with Crippen molar-refractivity contribution in [2.24, 2.45) is 0 Å². The number of hydrogen-bond donors (Lipinski definition) is 0. The molecular formula is C18H20N2O2S2. The highest BCUT2D eigenvalue weighted by atomic mass is 32.1. The first-order chi connectivity index (χ1) is 11.3. The lowest BCUT2D eigenvalue weighted by Gasteiger charge is -2.22. The predicted octanol–water partition coefficient (Wildman–Crippen LogP) is 3.96. The van der Waals surface area contributed by atoms with Gasteiger partial charge in [0, 0.05) is 22.1 Å². The van der Waals surface area contributed by atoms with Crippen LogP contribution in [0, 0.1) is 41.5 Å². The predicted molar refractivity (Wildman–Crippen MR) is 102 cm³/mol. The summed E-state index contributed by atoms with van der Waals surface area (Å²) >= 11 is 2.41. The molecule has 4 nitrogen and oxygen atoms in total. The molecule has 0 aliphatic rings. The first-order valence-corrected chi connectivity index (χ1v) is 9.47. The van der Waals surface area contributed by atoms with Crippen LogP contribution in [0.25, 0.3) is 11.4 Å². The van der Waals surface area contributed by atoms with Gasteiger partial charge in [0.05, 0.1) is 11.4 Å². The third-order valence-corrected chi connectivity index (χ3v) is 6.41. The first-order valence-electron chi connectivity index (χ1n) is 7.71. The molecule has 0 saturated carbocycles. The van der Waals surface area contributed by atoms with E-state index in [1.165, 1.54) is 22.7 Å². The van der Waals surface area contributed by atoms with Crippen molar-refractivity contribution >= 4 is 22.7 Å². The van der Waals surface area contributed by atoms with Crippen LogP contribution >= 0.6 is 22.7 Å². The van der Waals surface area contributed by atoms with E-state index >= 15 is 0 Å². The van der Waals surface area contributed by atoms with Gasteiger partial charge < -0.3 is 0 Å². The monoisotopic (exact) mass is 360 g/mol. The van der Waals surface area contributed by atoms with Gasteiger partial charge >= 0.3 is 9.75 Å². The van der Waals surface area contributed by atoms with E-state index < -0.39 is 0 Å². The number of aryl methyl sites for hydroxylation is 2. The molecule has 0 spiro atoms. The number of hydrogen-bond acceptors (Lipinski definition) is 4. The van der Waals surface area contributed by atoms with E-state index in [9.17, 15) is 9.59 Å². The van der Waals surface area contributed by atoms with Crippen LogP contribution in [-0.4, -0.2) is 9.13 Å². The second-order valence-corrected chi connectivity index (χ2v) is 7.80. The zero-order chi connectivity index (χ0) is 17.8. The number of thiazole rings is 2. The van der Waals surface area contributed by atoms with Gasteiger partial charge in [-0.25, -0.2) is 0 Å². The Hall–Kier alpha value is -1.92. The average molecular weight is 361 g/mol. The second-order valence-electron chi connectivity index (χ2n) is 6.15. The molecule has 0 aliphatic heterocycles. The Kier molecular flexibility index (Phi) is 4.13. The number of aromatic nitrogens is 2. The van der Waals surface area contributed by atoms with Crippen molar-refractivity contribution < 1.29 is 0 Å². The Morgan fingerprint density at radius 2 is 1.00 bits per heavy atom. The van der Waals surface area contributed by atoms with Gasteiger partial charge in [-0.2, -0.15) is 0 Å². The summed E-state index contributed by atoms with van der Waals surface area (Å²) in [5.41, 5.74) is 7.86. The van der Waals surface area contributed by atoms with Gasteiger partial charge in [-0.05, 0) is 63.8 Å². The molecule has 0 atom stereocenters. The average Bonchev–Trinajstić information content (AvgIpc) is 3.03. The standard InChI is InChI=1S/C18H20N2O2S2/c1-9-7-23-17(21)19(9)15-12(4)11(3)13(5)16(14(15)6)20-10(2)8-24-18(20)22/h7-8H,1-6H3. The summed E-state index contributed by atoms with van der Waals surface area (Å²) in [6.45, 7) is 12.0. The van der Waals surface area contributed by atoms with Crippen LogP contribution in [0.15, 0.2) is 20.3 Å². The summed E-state index contributed by atoms with van der Waals surface area (Å²) in [5, 5.41) is 3.75. The van der Waals surface area contributed by atoms with Gasteiger partial charge in [0.1, 0.15) is 0 Å². The van der Waals surface area contributed by atoms with Gasteiger partial charge in [-0.3, -0.25) is 18.7 Å². The zero-order valence-electron chi connectivity index (χ0n) is 14.7. The fourth-order valence-electron chi connectivity index (χ4n) is 3.29. The lowest BCUT2D eigenvalue weighted by Crippen LogP contribution is -2.21. The molecule has 0 amide bonds. The van der Waals surface area contributed by atoms with Gasteiger partial charge in [-0.1, -0.05) is 22.7 Å². The Labute approximate surface area is 148 Å². The second kappa shape index (κ2) is 5.86. The maximum Gasteiger partial charge on any atom is 0.311 e. The quantitative estimate of drug-likeness (QED) is 0.694. The van der Waals surface area contributed by atoms with Crippen molar-refractivity contribution in [3.63, 3.8) is 0 Å². The third-order valence-electron chi connectivity index (χ3n) is 4.72. The van der Waals surface area contributed by atoms with Gasteiger partial charge in [-0.15, -0.1) is 0 Å². The molecule has 3 rings (SSSR count). The summed E-state index contributed by atoms with van der Waals surface area (Å²) in [4.78, 5) is 24.8. The van der Waals surface area contributed by atoms with Crippen LogP contribution in [0.2, 0.25) is 0 Å². The van der Waals surface area contributed by atoms with Gasteiger partial charge in [0.15, 0.2) is 0 Å². The minimum atomic E-state index is 0.00212. The van der Waals surface area contributed by atoms with E-state index in [1.807, 2.05) is 45.4 Å². The van der Waals surface area contributed by atoms with Crippen molar-refractivity contribution in [3.05, 3.63) is 63.7 Å². The molecule has 6 heteroatoms. The molecule has 3 aromatic rings. The van der Waals surface area contributed by atoms with Gasteiger partial charge in [0.25, 0.3) is 0 Å². The van der Waals surface area contributed by atoms with Crippen LogP contribution in [0.1, 0.15) is 33.6 Å². The summed E-state index contributed by atoms with van der Waals surface area (Å²) in [7, 11) is 0. The molecule has 24 heavy (non-hydrogen) atoms. The van der Waals surface area contributed by atoms with Crippen molar-refractivity contribution in [2.45, 2.75) is 41.5 Å². The molecule has 2 aromatic heterocycles. The minimum Gasteiger partial charge on any atom is -0.271 e. The normalized spacial score (nSPS) is 11.2. The molecule has 0 unspecified atom stereocenters. The molecule has 0 saturated heterocycles. The largest absolute Gasteiger partial charge is 0.311 e. The topological polar surface area (TPSA) is 44.0 Å². The summed E-state index contributed by atoms with van der Waals surface area (Å²) in [5.74, 6) is 0.